The third-order valence-corrected chi connectivity index (χ3v) is 5.57. The molecule has 0 aliphatic heterocycles. The summed E-state index contributed by atoms with van der Waals surface area (Å²) >= 11 is 0. The number of hydrogen-bond acceptors (Lipinski definition) is 3. The maximum absolute atomic E-state index is 14.2. The summed E-state index contributed by atoms with van der Waals surface area (Å²) < 4.78 is 24.6. The van der Waals surface area contributed by atoms with E-state index in [1.807, 2.05) is 17.6 Å². The van der Waals surface area contributed by atoms with E-state index in [2.05, 4.69) is 13.5 Å². The van der Waals surface area contributed by atoms with Crippen LogP contribution in [0.3, 0.4) is 0 Å². The number of benzene rings is 1. The van der Waals surface area contributed by atoms with E-state index in [1.165, 1.54) is 23.7 Å². The molecule has 0 saturated carbocycles. The van der Waals surface area contributed by atoms with Crippen molar-refractivity contribution in [1.82, 2.24) is 13.7 Å². The highest BCUT2D eigenvalue weighted by Gasteiger charge is 2.25. The van der Waals surface area contributed by atoms with Crippen LogP contribution in [-0.2, 0) is 31.8 Å². The fraction of sp³-hybridized carbons (Fsp3) is 0.360. The van der Waals surface area contributed by atoms with Gasteiger partial charge in [0.1, 0.15) is 11.6 Å². The molecule has 1 aromatic carbocycles. The molecule has 32 heavy (non-hydrogen) atoms. The van der Waals surface area contributed by atoms with Crippen molar-refractivity contribution in [2.75, 3.05) is 0 Å². The van der Waals surface area contributed by atoms with E-state index in [9.17, 15) is 14.0 Å². The quantitative estimate of drug-likeness (QED) is 0.481. The SMILES string of the molecule is C=C(C)O/C(=C\C)Cc1c2c(c(-c3cccc(F)c3)n1CCCC)c(=O)n(C)c(=O)n2C. The molecule has 0 bridgehead atoms. The predicted molar refractivity (Wildman–Crippen MR) is 126 cm³/mol. The number of hydrogen-bond donors (Lipinski definition) is 0. The Morgan fingerprint density at radius 1 is 1.22 bits per heavy atom. The van der Waals surface area contributed by atoms with Crippen LogP contribution >= 0.6 is 0 Å². The van der Waals surface area contributed by atoms with Gasteiger partial charge in [0.2, 0.25) is 0 Å². The van der Waals surface area contributed by atoms with Crippen LogP contribution in [0.15, 0.2) is 58.0 Å². The van der Waals surface area contributed by atoms with Crippen molar-refractivity contribution in [3.63, 3.8) is 0 Å². The van der Waals surface area contributed by atoms with Gasteiger partial charge in [0.15, 0.2) is 0 Å². The number of ether oxygens (including phenoxy) is 1. The highest BCUT2D eigenvalue weighted by molar-refractivity contribution is 5.96. The van der Waals surface area contributed by atoms with Crippen molar-refractivity contribution >= 4 is 10.9 Å². The van der Waals surface area contributed by atoms with Gasteiger partial charge in [-0.25, -0.2) is 9.18 Å². The number of unbranched alkanes of at least 4 members (excludes halogenated alkanes) is 1. The standard InChI is InChI=1S/C25H30FN3O3/c1-7-9-13-29-20(15-19(8-2)32-16(3)4)23-21(24(30)28(6)25(31)27(23)5)22(29)17-11-10-12-18(26)14-17/h8,10-12,14H,3,7,9,13,15H2,1-2,4-6H3/b19-8-. The van der Waals surface area contributed by atoms with Crippen LogP contribution in [0.25, 0.3) is 22.2 Å². The minimum absolute atomic E-state index is 0.360. The highest BCUT2D eigenvalue weighted by atomic mass is 19.1. The van der Waals surface area contributed by atoms with Gasteiger partial charge in [0.05, 0.1) is 28.0 Å². The monoisotopic (exact) mass is 439 g/mol. The molecule has 0 aliphatic carbocycles. The molecule has 3 rings (SSSR count). The molecule has 0 radical (unpaired) electrons. The summed E-state index contributed by atoms with van der Waals surface area (Å²) in [5, 5.41) is 0.400. The zero-order chi connectivity index (χ0) is 23.6. The predicted octanol–water partition coefficient (Wildman–Crippen LogP) is 4.64. The molecule has 0 saturated heterocycles. The zero-order valence-electron chi connectivity index (χ0n) is 19.4. The maximum Gasteiger partial charge on any atom is 0.331 e. The fourth-order valence-electron chi connectivity index (χ4n) is 4.06. The molecule has 0 amide bonds. The summed E-state index contributed by atoms with van der Waals surface area (Å²) in [4.78, 5) is 26.1. The second-order valence-corrected chi connectivity index (χ2v) is 7.98. The second-order valence-electron chi connectivity index (χ2n) is 7.98. The normalized spacial score (nSPS) is 11.9. The van der Waals surface area contributed by atoms with Crippen LogP contribution in [0.4, 0.5) is 4.39 Å². The fourth-order valence-corrected chi connectivity index (χ4v) is 4.06. The number of rotatable bonds is 8. The topological polar surface area (TPSA) is 58.2 Å². The van der Waals surface area contributed by atoms with Crippen molar-refractivity contribution in [3.8, 4) is 11.3 Å². The minimum atomic E-state index is -0.412. The van der Waals surface area contributed by atoms with Crippen LogP contribution < -0.4 is 11.2 Å². The lowest BCUT2D eigenvalue weighted by molar-refractivity contribution is 0.298. The van der Waals surface area contributed by atoms with Gasteiger partial charge in [-0.2, -0.15) is 0 Å². The first-order chi connectivity index (χ1) is 15.2. The Labute approximate surface area is 186 Å². The number of halogens is 1. The van der Waals surface area contributed by atoms with E-state index in [0.717, 1.165) is 23.1 Å². The van der Waals surface area contributed by atoms with Crippen LogP contribution in [0.2, 0.25) is 0 Å². The molecule has 0 unspecified atom stereocenters. The largest absolute Gasteiger partial charge is 0.467 e. The van der Waals surface area contributed by atoms with Gasteiger partial charge in [-0.15, -0.1) is 0 Å². The Balaban J connectivity index is 2.49. The lowest BCUT2D eigenvalue weighted by Gasteiger charge is -2.16. The summed E-state index contributed by atoms with van der Waals surface area (Å²) in [5.41, 5.74) is 1.71. The molecular weight excluding hydrogens is 409 g/mol. The molecule has 170 valence electrons. The van der Waals surface area contributed by atoms with Gasteiger partial charge in [0, 0.05) is 32.6 Å². The summed E-state index contributed by atoms with van der Waals surface area (Å²) in [5.74, 6) is 0.819. The molecule has 7 heteroatoms. The first-order valence-electron chi connectivity index (χ1n) is 10.8. The molecular formula is C25H30FN3O3. The second kappa shape index (κ2) is 9.42. The van der Waals surface area contributed by atoms with E-state index < -0.39 is 11.2 Å². The summed E-state index contributed by atoms with van der Waals surface area (Å²) in [6.07, 6.45) is 4.00. The third-order valence-electron chi connectivity index (χ3n) is 5.57. The summed E-state index contributed by atoms with van der Waals surface area (Å²) in [6, 6.07) is 6.21. The molecule has 0 N–H and O–H groups in total. The molecule has 2 heterocycles. The van der Waals surface area contributed by atoms with Crippen LogP contribution in [-0.4, -0.2) is 13.7 Å². The maximum atomic E-state index is 14.2. The first kappa shape index (κ1) is 23.3. The minimum Gasteiger partial charge on any atom is -0.467 e. The Morgan fingerprint density at radius 3 is 2.53 bits per heavy atom. The number of nitrogens with zero attached hydrogens (tertiary/aromatic N) is 3. The number of aromatic nitrogens is 3. The average molecular weight is 440 g/mol. The molecule has 3 aromatic rings. The third kappa shape index (κ3) is 4.20. The van der Waals surface area contributed by atoms with Crippen molar-refractivity contribution in [3.05, 3.63) is 80.8 Å². The van der Waals surface area contributed by atoms with E-state index >= 15 is 0 Å². The number of allylic oxidation sites excluding steroid dienone is 3. The molecule has 0 atom stereocenters. The number of aryl methyl sites for hydroxylation is 1. The first-order valence-corrected chi connectivity index (χ1v) is 10.8. The van der Waals surface area contributed by atoms with Crippen LogP contribution in [0.1, 0.15) is 39.3 Å². The zero-order valence-corrected chi connectivity index (χ0v) is 19.4. The van der Waals surface area contributed by atoms with Crippen LogP contribution in [0, 0.1) is 5.82 Å². The van der Waals surface area contributed by atoms with Gasteiger partial charge in [-0.3, -0.25) is 13.9 Å². The van der Waals surface area contributed by atoms with Gasteiger partial charge in [-0.05, 0) is 38.5 Å². The van der Waals surface area contributed by atoms with Gasteiger partial charge < -0.3 is 9.30 Å². The van der Waals surface area contributed by atoms with Crippen LogP contribution in [0.5, 0.6) is 0 Å². The lowest BCUT2D eigenvalue weighted by Crippen LogP contribution is -2.36. The smallest absolute Gasteiger partial charge is 0.331 e. The average Bonchev–Trinajstić information content (AvgIpc) is 3.07. The molecule has 2 aromatic heterocycles. The Kier molecular flexibility index (Phi) is 6.87. The molecule has 6 nitrogen and oxygen atoms in total. The van der Waals surface area contributed by atoms with Crippen molar-refractivity contribution < 1.29 is 9.13 Å². The number of fused-ring (bicyclic) bond motifs is 1. The van der Waals surface area contributed by atoms with Gasteiger partial charge in [0.25, 0.3) is 5.56 Å². The van der Waals surface area contributed by atoms with E-state index in [0.29, 0.717) is 46.6 Å². The summed E-state index contributed by atoms with van der Waals surface area (Å²) in [7, 11) is 3.12. The lowest BCUT2D eigenvalue weighted by atomic mass is 10.1. The van der Waals surface area contributed by atoms with Gasteiger partial charge >= 0.3 is 5.69 Å². The van der Waals surface area contributed by atoms with E-state index in [1.54, 1.807) is 26.1 Å². The molecule has 0 fully saturated rings. The van der Waals surface area contributed by atoms with E-state index in [-0.39, 0.29) is 5.82 Å². The molecule has 0 spiro atoms. The Bertz CT molecular complexity index is 1320. The highest BCUT2D eigenvalue weighted by Crippen LogP contribution is 2.34. The Morgan fingerprint density at radius 2 is 1.94 bits per heavy atom. The molecule has 0 aliphatic rings. The van der Waals surface area contributed by atoms with Crippen molar-refractivity contribution in [2.45, 2.75) is 46.6 Å². The Hall–Kier alpha value is -3.35. The van der Waals surface area contributed by atoms with Crippen molar-refractivity contribution in [1.29, 1.82) is 0 Å². The summed E-state index contributed by atoms with van der Waals surface area (Å²) in [6.45, 7) is 10.2. The van der Waals surface area contributed by atoms with Gasteiger partial charge in [-0.1, -0.05) is 32.1 Å². The van der Waals surface area contributed by atoms with E-state index in [4.69, 9.17) is 4.74 Å². The van der Waals surface area contributed by atoms with Crippen molar-refractivity contribution in [2.24, 2.45) is 14.1 Å².